The maximum atomic E-state index is 13.6. The molecule has 0 spiro atoms. The van der Waals surface area contributed by atoms with Gasteiger partial charge in [0.1, 0.15) is 13.9 Å². The van der Waals surface area contributed by atoms with E-state index in [1.165, 1.54) is 35.7 Å². The van der Waals surface area contributed by atoms with Crippen LogP contribution in [0.4, 0.5) is 10.5 Å². The molecule has 0 aliphatic rings. The zero-order valence-corrected chi connectivity index (χ0v) is 26.2. The zero-order valence-electron chi connectivity index (χ0n) is 24.5. The topological polar surface area (TPSA) is 198 Å². The number of anilines is 1. The summed E-state index contributed by atoms with van der Waals surface area (Å²) in [6.07, 6.45) is 0.301. The molecule has 0 unspecified atom stereocenters. The van der Waals surface area contributed by atoms with Gasteiger partial charge in [0.05, 0.1) is 18.6 Å². The van der Waals surface area contributed by atoms with E-state index in [9.17, 15) is 32.4 Å². The Morgan fingerprint density at radius 3 is 2.33 bits per heavy atom. The van der Waals surface area contributed by atoms with E-state index >= 15 is 0 Å². The van der Waals surface area contributed by atoms with Gasteiger partial charge in [0.25, 0.3) is 0 Å². The third-order valence-corrected chi connectivity index (χ3v) is 8.83. The number of hydrogen-bond donors (Lipinski definition) is 5. The summed E-state index contributed by atoms with van der Waals surface area (Å²) in [7, 11) is -1.79. The lowest BCUT2D eigenvalue weighted by Gasteiger charge is -2.32. The van der Waals surface area contributed by atoms with E-state index in [0.717, 1.165) is 0 Å². The van der Waals surface area contributed by atoms with Crippen molar-refractivity contribution in [3.8, 4) is 0 Å². The molecule has 2 rings (SSSR count). The molecule has 43 heavy (non-hydrogen) atoms. The van der Waals surface area contributed by atoms with Gasteiger partial charge in [-0.3, -0.25) is 9.32 Å². The summed E-state index contributed by atoms with van der Waals surface area (Å²) < 4.78 is 49.3. The molecule has 2 aromatic carbocycles. The van der Waals surface area contributed by atoms with Gasteiger partial charge in [-0.25, -0.2) is 17.8 Å². The lowest BCUT2D eigenvalue weighted by molar-refractivity contribution is -0.123. The molecule has 2 amide bonds. The number of ether oxygens (including phenoxy) is 1. The number of phosphoric ester groups is 1. The molecule has 0 fully saturated rings. The number of nitrogens with two attached hydrogens (primary N) is 1. The number of methoxy groups -OCH3 is 1. The van der Waals surface area contributed by atoms with E-state index in [-0.39, 0.29) is 36.7 Å². The van der Waals surface area contributed by atoms with Gasteiger partial charge < -0.3 is 30.9 Å². The summed E-state index contributed by atoms with van der Waals surface area (Å²) in [6, 6.07) is 10.7. The van der Waals surface area contributed by atoms with Crippen LogP contribution in [0.3, 0.4) is 0 Å². The first-order chi connectivity index (χ1) is 20.1. The van der Waals surface area contributed by atoms with Crippen LogP contribution >= 0.6 is 7.82 Å². The first-order valence-electron chi connectivity index (χ1n) is 13.7. The minimum atomic E-state index is -4.89. The summed E-state index contributed by atoms with van der Waals surface area (Å²) >= 11 is 0. The largest absolute Gasteiger partial charge is 0.469 e. The van der Waals surface area contributed by atoms with E-state index in [1.807, 2.05) is 13.8 Å². The number of alkyl carbamates (subject to hydrolysis) is 1. The number of carbonyl (C=O) groups excluding carboxylic acids is 2. The molecule has 16 heteroatoms. The van der Waals surface area contributed by atoms with Gasteiger partial charge in [-0.15, -0.1) is 0 Å². The summed E-state index contributed by atoms with van der Waals surface area (Å²) in [6.45, 7) is 3.36. The molecule has 13 nitrogen and oxygen atoms in total. The molecule has 0 saturated heterocycles. The Morgan fingerprint density at radius 1 is 1.09 bits per heavy atom. The van der Waals surface area contributed by atoms with Crippen molar-refractivity contribution in [2.45, 2.75) is 56.5 Å². The predicted molar refractivity (Wildman–Crippen MR) is 163 cm³/mol. The molecule has 236 valence electrons. The fourth-order valence-corrected chi connectivity index (χ4v) is 6.43. The van der Waals surface area contributed by atoms with E-state index in [0.29, 0.717) is 29.6 Å². The molecular weight excluding hydrogens is 598 g/mol. The minimum absolute atomic E-state index is 0.0148. The second-order valence-electron chi connectivity index (χ2n) is 10.4. The number of nitrogens with zero attached hydrogens (tertiary/aromatic N) is 1. The number of nitrogens with one attached hydrogen (secondary N) is 2. The van der Waals surface area contributed by atoms with Crippen molar-refractivity contribution in [3.05, 3.63) is 54.1 Å². The summed E-state index contributed by atoms with van der Waals surface area (Å²) in [5.41, 5.74) is 7.23. The quantitative estimate of drug-likeness (QED) is 0.0732. The molecule has 2 aromatic rings. The lowest BCUT2D eigenvalue weighted by Crippen LogP contribution is -2.48. The highest BCUT2D eigenvalue weighted by Crippen LogP contribution is 2.37. The van der Waals surface area contributed by atoms with Crippen LogP contribution in [-0.4, -0.2) is 81.2 Å². The number of rotatable bonds is 17. The third kappa shape index (κ3) is 12.3. The van der Waals surface area contributed by atoms with Crippen molar-refractivity contribution < 1.29 is 41.6 Å². The van der Waals surface area contributed by atoms with E-state index in [4.69, 9.17) is 18.1 Å². The van der Waals surface area contributed by atoms with Gasteiger partial charge in [-0.1, -0.05) is 55.6 Å². The van der Waals surface area contributed by atoms with Crippen LogP contribution in [0.1, 0.15) is 38.7 Å². The number of nitrogen functional groups attached to an aromatic ring is 1. The second-order valence-corrected chi connectivity index (χ2v) is 13.5. The van der Waals surface area contributed by atoms with Crippen molar-refractivity contribution >= 4 is 48.8 Å². The number of amides is 2. The summed E-state index contributed by atoms with van der Waals surface area (Å²) in [5.74, 6) is -0.583. The highest BCUT2D eigenvalue weighted by atomic mass is 32.2. The van der Waals surface area contributed by atoms with Crippen LogP contribution < -0.4 is 21.8 Å². The number of phosphoric acid groups is 1. The lowest BCUT2D eigenvalue weighted by atomic mass is 9.87. The minimum Gasteiger partial charge on any atom is -0.453 e. The highest BCUT2D eigenvalue weighted by Gasteiger charge is 2.33. The Bertz CT molecular complexity index is 1360. The van der Waals surface area contributed by atoms with Crippen LogP contribution in [0.2, 0.25) is 0 Å². The van der Waals surface area contributed by atoms with Crippen LogP contribution in [0.5, 0.6) is 0 Å². The Morgan fingerprint density at radius 2 is 1.74 bits per heavy atom. The van der Waals surface area contributed by atoms with Gasteiger partial charge in [0, 0.05) is 31.2 Å². The molecule has 2 radical (unpaired) electrons. The average Bonchev–Trinajstić information content (AvgIpc) is 2.93. The van der Waals surface area contributed by atoms with Crippen molar-refractivity contribution in [3.63, 3.8) is 0 Å². The molecule has 0 aliphatic carbocycles. The maximum Gasteiger partial charge on any atom is 0.469 e. The van der Waals surface area contributed by atoms with Gasteiger partial charge in [0.15, 0.2) is 0 Å². The molecule has 0 saturated carbocycles. The SMILES string of the molecule is [B]c1ccccc1C[C@H](NC(=O)OC)C(=O)NCCCC[C@@H](COP(=O)(O)O)N(CC(C)C)S(=O)(=O)c1ccc(N)cc1. The number of benzene rings is 2. The molecular formula is C27H40BN4O9PS. The first kappa shape index (κ1) is 36.3. The van der Waals surface area contributed by atoms with Crippen LogP contribution in [0.25, 0.3) is 0 Å². The molecule has 0 aromatic heterocycles. The highest BCUT2D eigenvalue weighted by molar-refractivity contribution is 7.89. The smallest absolute Gasteiger partial charge is 0.453 e. The number of hydrogen-bond acceptors (Lipinski definition) is 8. The van der Waals surface area contributed by atoms with Gasteiger partial charge in [-0.2, -0.15) is 4.31 Å². The molecule has 6 N–H and O–H groups in total. The molecule has 0 aliphatic heterocycles. The third-order valence-electron chi connectivity index (χ3n) is 6.41. The van der Waals surface area contributed by atoms with Crippen LogP contribution in [-0.2, 0) is 35.1 Å². The molecule has 2 atom stereocenters. The van der Waals surface area contributed by atoms with E-state index in [1.54, 1.807) is 24.3 Å². The van der Waals surface area contributed by atoms with Crippen molar-refractivity contribution in [2.24, 2.45) is 5.92 Å². The Balaban J connectivity index is 2.12. The number of carbonyl (C=O) groups is 2. The van der Waals surface area contributed by atoms with Crippen molar-refractivity contribution in [1.82, 2.24) is 14.9 Å². The van der Waals surface area contributed by atoms with Crippen LogP contribution in [0, 0.1) is 5.92 Å². The maximum absolute atomic E-state index is 13.6. The normalized spacial score (nSPS) is 13.5. The Hall–Kier alpha value is -2.94. The summed E-state index contributed by atoms with van der Waals surface area (Å²) in [4.78, 5) is 43.4. The van der Waals surface area contributed by atoms with E-state index < -0.39 is 48.5 Å². The average molecular weight is 638 g/mol. The van der Waals surface area contributed by atoms with Crippen molar-refractivity contribution in [2.75, 3.05) is 32.5 Å². The Kier molecular flexibility index (Phi) is 14.2. The van der Waals surface area contributed by atoms with Crippen LogP contribution in [0.15, 0.2) is 53.4 Å². The monoisotopic (exact) mass is 638 g/mol. The summed E-state index contributed by atoms with van der Waals surface area (Å²) in [5, 5.41) is 5.26. The fraction of sp³-hybridized carbons (Fsp3) is 0.481. The Labute approximate surface area is 254 Å². The first-order valence-corrected chi connectivity index (χ1v) is 16.6. The van der Waals surface area contributed by atoms with Gasteiger partial charge in [-0.05, 0) is 43.0 Å². The standard InChI is InChI=1S/C27H40BN4O9PS/c1-19(2)17-32(43(38,39)23-13-11-21(29)12-14-23)22(18-41-42(35,36)37)9-6-7-15-30-26(33)25(31-27(34)40-3)16-20-8-4-5-10-24(20)28/h4-5,8,10-14,19,22,25H,6-7,9,15-18,29H2,1-3H3,(H,30,33)(H,31,34)(H2,35,36,37)/t22-,25-/m0/s1. The molecule has 0 heterocycles. The van der Waals surface area contributed by atoms with E-state index in [2.05, 4.69) is 15.4 Å². The van der Waals surface area contributed by atoms with Gasteiger partial charge in [0.2, 0.25) is 15.9 Å². The predicted octanol–water partition coefficient (Wildman–Crippen LogP) is 1.44. The van der Waals surface area contributed by atoms with Gasteiger partial charge >= 0.3 is 13.9 Å². The molecule has 0 bridgehead atoms. The number of unbranched alkanes of at least 4 members (excludes halogenated alkanes) is 1. The zero-order chi connectivity index (χ0) is 32.2. The number of sulfonamides is 1. The van der Waals surface area contributed by atoms with Crippen molar-refractivity contribution in [1.29, 1.82) is 0 Å². The fourth-order valence-electron chi connectivity index (χ4n) is 4.26. The second kappa shape index (κ2) is 16.8.